The van der Waals surface area contributed by atoms with Gasteiger partial charge in [-0.1, -0.05) is 13.8 Å². The van der Waals surface area contributed by atoms with Crippen LogP contribution in [0.1, 0.15) is 20.3 Å². The summed E-state index contributed by atoms with van der Waals surface area (Å²) in [5.41, 5.74) is 6.93. The average Bonchev–Trinajstić information content (AvgIpc) is 2.16. The molecule has 4 N–H and O–H groups in total. The van der Waals surface area contributed by atoms with E-state index in [1.807, 2.05) is 12.1 Å². The molecule has 1 aromatic carbocycles. The van der Waals surface area contributed by atoms with Gasteiger partial charge in [-0.2, -0.15) is 0 Å². The van der Waals surface area contributed by atoms with Crippen molar-refractivity contribution in [2.24, 2.45) is 11.7 Å². The number of nitrogens with two attached hydrogens (primary N) is 1. The van der Waals surface area contributed by atoms with Gasteiger partial charge in [0.1, 0.15) is 5.75 Å². The van der Waals surface area contributed by atoms with Crippen molar-refractivity contribution in [2.45, 2.75) is 26.3 Å². The van der Waals surface area contributed by atoms with Crippen LogP contribution >= 0.6 is 0 Å². The van der Waals surface area contributed by atoms with Crippen molar-refractivity contribution < 1.29 is 5.11 Å². The molecule has 0 fully saturated rings. The summed E-state index contributed by atoms with van der Waals surface area (Å²) in [6, 6.07) is 7.19. The standard InChI is InChI=1S/C12H20N2O/c1-9(2)7-10(13)8-14-11-3-5-12(15)6-4-11/h3-6,9-10,14-15H,7-8,13H2,1-2H3. The minimum atomic E-state index is 0.179. The molecule has 0 aliphatic heterocycles. The molecule has 0 heterocycles. The second-order valence-corrected chi connectivity index (χ2v) is 4.32. The Kier molecular flexibility index (Phi) is 4.43. The molecule has 84 valence electrons. The molecular formula is C12H20N2O. The van der Waals surface area contributed by atoms with Gasteiger partial charge in [0.05, 0.1) is 0 Å². The highest BCUT2D eigenvalue weighted by atomic mass is 16.3. The van der Waals surface area contributed by atoms with Crippen molar-refractivity contribution in [2.75, 3.05) is 11.9 Å². The van der Waals surface area contributed by atoms with E-state index in [0.717, 1.165) is 18.7 Å². The third-order valence-electron chi connectivity index (χ3n) is 2.21. The number of rotatable bonds is 5. The summed E-state index contributed by atoms with van der Waals surface area (Å²) in [4.78, 5) is 0. The number of benzene rings is 1. The summed E-state index contributed by atoms with van der Waals surface area (Å²) in [5.74, 6) is 0.911. The first-order chi connectivity index (χ1) is 7.08. The van der Waals surface area contributed by atoms with Gasteiger partial charge in [0.25, 0.3) is 0 Å². The zero-order valence-corrected chi connectivity index (χ0v) is 9.40. The van der Waals surface area contributed by atoms with Crippen LogP contribution < -0.4 is 11.1 Å². The van der Waals surface area contributed by atoms with Gasteiger partial charge in [-0.25, -0.2) is 0 Å². The SMILES string of the molecule is CC(C)CC(N)CNc1ccc(O)cc1. The maximum absolute atomic E-state index is 9.10. The predicted octanol–water partition coefficient (Wildman–Crippen LogP) is 2.18. The lowest BCUT2D eigenvalue weighted by molar-refractivity contribution is 0.475. The maximum atomic E-state index is 9.10. The van der Waals surface area contributed by atoms with Gasteiger partial charge in [0.15, 0.2) is 0 Å². The lowest BCUT2D eigenvalue weighted by atomic mass is 10.0. The largest absolute Gasteiger partial charge is 0.508 e. The Hall–Kier alpha value is -1.22. The highest BCUT2D eigenvalue weighted by Gasteiger charge is 2.04. The molecule has 0 amide bonds. The summed E-state index contributed by atoms with van der Waals surface area (Å²) >= 11 is 0. The maximum Gasteiger partial charge on any atom is 0.115 e. The molecule has 0 radical (unpaired) electrons. The van der Waals surface area contributed by atoms with Crippen LogP contribution in [0.5, 0.6) is 5.75 Å². The van der Waals surface area contributed by atoms with E-state index in [1.54, 1.807) is 12.1 Å². The Morgan fingerprint density at radius 3 is 2.40 bits per heavy atom. The van der Waals surface area contributed by atoms with E-state index in [4.69, 9.17) is 10.8 Å². The Labute approximate surface area is 91.3 Å². The van der Waals surface area contributed by atoms with Crippen LogP contribution in [0.2, 0.25) is 0 Å². The predicted molar refractivity (Wildman–Crippen MR) is 64.0 cm³/mol. The third-order valence-corrected chi connectivity index (χ3v) is 2.21. The van der Waals surface area contributed by atoms with E-state index in [-0.39, 0.29) is 11.8 Å². The summed E-state index contributed by atoms with van der Waals surface area (Å²) in [6.45, 7) is 5.10. The molecule has 0 spiro atoms. The number of nitrogens with one attached hydrogen (secondary N) is 1. The van der Waals surface area contributed by atoms with E-state index in [1.165, 1.54) is 0 Å². The molecule has 3 nitrogen and oxygen atoms in total. The van der Waals surface area contributed by atoms with Crippen LogP contribution in [0, 0.1) is 5.92 Å². The summed E-state index contributed by atoms with van der Waals surface area (Å²) in [6.07, 6.45) is 1.02. The van der Waals surface area contributed by atoms with Crippen LogP contribution in [0.25, 0.3) is 0 Å². The van der Waals surface area contributed by atoms with Crippen LogP contribution in [0.3, 0.4) is 0 Å². The highest BCUT2D eigenvalue weighted by Crippen LogP contribution is 2.13. The first-order valence-corrected chi connectivity index (χ1v) is 5.36. The minimum Gasteiger partial charge on any atom is -0.508 e. The number of anilines is 1. The second kappa shape index (κ2) is 5.61. The van der Waals surface area contributed by atoms with E-state index >= 15 is 0 Å². The lowest BCUT2D eigenvalue weighted by Gasteiger charge is -2.15. The Morgan fingerprint density at radius 1 is 1.27 bits per heavy atom. The molecule has 0 saturated heterocycles. The molecule has 0 aliphatic rings. The Bertz CT molecular complexity index is 282. The number of phenols is 1. The first kappa shape index (κ1) is 11.9. The average molecular weight is 208 g/mol. The first-order valence-electron chi connectivity index (χ1n) is 5.36. The summed E-state index contributed by atoms with van der Waals surface area (Å²) in [7, 11) is 0. The number of hydrogen-bond acceptors (Lipinski definition) is 3. The van der Waals surface area contributed by atoms with Crippen molar-refractivity contribution in [3.63, 3.8) is 0 Å². The van der Waals surface area contributed by atoms with E-state index in [0.29, 0.717) is 5.92 Å². The van der Waals surface area contributed by atoms with Gasteiger partial charge in [-0.3, -0.25) is 0 Å². The molecule has 1 aromatic rings. The summed E-state index contributed by atoms with van der Waals surface area (Å²) in [5, 5.41) is 12.3. The fraction of sp³-hybridized carbons (Fsp3) is 0.500. The van der Waals surface area contributed by atoms with Crippen molar-refractivity contribution in [3.8, 4) is 5.75 Å². The summed E-state index contributed by atoms with van der Waals surface area (Å²) < 4.78 is 0. The van der Waals surface area contributed by atoms with Crippen LogP contribution in [0.4, 0.5) is 5.69 Å². The second-order valence-electron chi connectivity index (χ2n) is 4.32. The monoisotopic (exact) mass is 208 g/mol. The van der Waals surface area contributed by atoms with Gasteiger partial charge >= 0.3 is 0 Å². The number of phenolic OH excluding ortho intramolecular Hbond substituents is 1. The molecule has 0 aromatic heterocycles. The topological polar surface area (TPSA) is 58.3 Å². The molecule has 1 atom stereocenters. The van der Waals surface area contributed by atoms with Crippen LogP contribution in [-0.4, -0.2) is 17.7 Å². The fourth-order valence-electron chi connectivity index (χ4n) is 1.52. The van der Waals surface area contributed by atoms with Gasteiger partial charge in [-0.05, 0) is 36.6 Å². The van der Waals surface area contributed by atoms with Crippen molar-refractivity contribution in [1.29, 1.82) is 0 Å². The van der Waals surface area contributed by atoms with Crippen LogP contribution in [0.15, 0.2) is 24.3 Å². The van der Waals surface area contributed by atoms with Crippen molar-refractivity contribution in [3.05, 3.63) is 24.3 Å². The van der Waals surface area contributed by atoms with Gasteiger partial charge < -0.3 is 16.2 Å². The quantitative estimate of drug-likeness (QED) is 0.650. The van der Waals surface area contributed by atoms with Gasteiger partial charge in [-0.15, -0.1) is 0 Å². The molecule has 0 bridgehead atoms. The Balaban J connectivity index is 2.33. The molecule has 0 saturated carbocycles. The van der Waals surface area contributed by atoms with Crippen molar-refractivity contribution in [1.82, 2.24) is 0 Å². The lowest BCUT2D eigenvalue weighted by Crippen LogP contribution is -2.30. The zero-order valence-electron chi connectivity index (χ0n) is 9.40. The number of hydrogen-bond donors (Lipinski definition) is 3. The molecular weight excluding hydrogens is 188 g/mol. The fourth-order valence-corrected chi connectivity index (χ4v) is 1.52. The highest BCUT2D eigenvalue weighted by molar-refractivity contribution is 5.45. The third kappa shape index (κ3) is 4.70. The molecule has 3 heteroatoms. The number of aromatic hydroxyl groups is 1. The van der Waals surface area contributed by atoms with Gasteiger partial charge in [0, 0.05) is 18.3 Å². The normalized spacial score (nSPS) is 12.8. The van der Waals surface area contributed by atoms with Crippen molar-refractivity contribution >= 4 is 5.69 Å². The molecule has 1 rings (SSSR count). The van der Waals surface area contributed by atoms with Gasteiger partial charge in [0.2, 0.25) is 0 Å². The smallest absolute Gasteiger partial charge is 0.115 e. The minimum absolute atomic E-state index is 0.179. The van der Waals surface area contributed by atoms with Crippen LogP contribution in [-0.2, 0) is 0 Å². The molecule has 15 heavy (non-hydrogen) atoms. The van der Waals surface area contributed by atoms with E-state index in [2.05, 4.69) is 19.2 Å². The molecule has 0 aliphatic carbocycles. The Morgan fingerprint density at radius 2 is 1.87 bits per heavy atom. The molecule has 1 unspecified atom stereocenters. The zero-order chi connectivity index (χ0) is 11.3. The van der Waals surface area contributed by atoms with E-state index < -0.39 is 0 Å². The van der Waals surface area contributed by atoms with E-state index in [9.17, 15) is 0 Å².